The fourth-order valence-electron chi connectivity index (χ4n) is 4.97. The lowest BCUT2D eigenvalue weighted by atomic mass is 9.82. The van der Waals surface area contributed by atoms with Gasteiger partial charge in [-0.2, -0.15) is 0 Å². The first-order valence-corrected chi connectivity index (χ1v) is 11.1. The van der Waals surface area contributed by atoms with Crippen molar-refractivity contribution in [2.45, 2.75) is 25.6 Å². The minimum atomic E-state index is -0.218. The maximum Gasteiger partial charge on any atom is 0.123 e. The number of rotatable bonds is 6. The summed E-state index contributed by atoms with van der Waals surface area (Å²) in [6, 6.07) is 21.5. The number of hydrogen-bond donors (Lipinski definition) is 2. The standard InChI is InChI=1S/C26H28FN3O2/c1-3-32-20-12-13-23-21(14-20)26-22(25(28-29-26)17-8-10-19(27)11-9-17)16-30(23)15-18-6-4-5-7-24(18)31-2/h4-14,22,25-26,28-29H,3,15-16H2,1-2H3. The Morgan fingerprint density at radius 1 is 1.00 bits per heavy atom. The van der Waals surface area contributed by atoms with Crippen LogP contribution in [-0.4, -0.2) is 20.3 Å². The highest BCUT2D eigenvalue weighted by molar-refractivity contribution is 5.61. The number of halogens is 1. The molecule has 0 aromatic heterocycles. The van der Waals surface area contributed by atoms with Crippen LogP contribution in [0.15, 0.2) is 66.7 Å². The minimum Gasteiger partial charge on any atom is -0.496 e. The second kappa shape index (κ2) is 8.81. The van der Waals surface area contributed by atoms with Crippen molar-refractivity contribution in [1.82, 2.24) is 10.9 Å². The highest BCUT2D eigenvalue weighted by Gasteiger charge is 2.43. The van der Waals surface area contributed by atoms with Gasteiger partial charge in [-0.3, -0.25) is 0 Å². The average molecular weight is 434 g/mol. The van der Waals surface area contributed by atoms with Gasteiger partial charge in [-0.05, 0) is 54.4 Å². The molecule has 1 fully saturated rings. The number of benzene rings is 3. The summed E-state index contributed by atoms with van der Waals surface area (Å²) in [6.45, 7) is 4.22. The third-order valence-electron chi connectivity index (χ3n) is 6.45. The molecule has 3 aromatic rings. The number of nitrogens with one attached hydrogen (secondary N) is 2. The fraction of sp³-hybridized carbons (Fsp3) is 0.308. The van der Waals surface area contributed by atoms with Crippen LogP contribution in [-0.2, 0) is 6.54 Å². The van der Waals surface area contributed by atoms with Crippen molar-refractivity contribution in [3.8, 4) is 11.5 Å². The number of ether oxygens (including phenoxy) is 2. The van der Waals surface area contributed by atoms with E-state index in [2.05, 4.69) is 34.0 Å². The van der Waals surface area contributed by atoms with Crippen LogP contribution in [0.1, 0.15) is 35.7 Å². The van der Waals surface area contributed by atoms with E-state index in [0.717, 1.165) is 35.7 Å². The molecule has 0 bridgehead atoms. The van der Waals surface area contributed by atoms with Crippen molar-refractivity contribution in [3.05, 3.63) is 89.2 Å². The highest BCUT2D eigenvalue weighted by atomic mass is 19.1. The van der Waals surface area contributed by atoms with Crippen molar-refractivity contribution in [3.63, 3.8) is 0 Å². The maximum absolute atomic E-state index is 13.5. The summed E-state index contributed by atoms with van der Waals surface area (Å²) in [5, 5.41) is 0. The molecule has 0 radical (unpaired) electrons. The largest absolute Gasteiger partial charge is 0.496 e. The summed E-state index contributed by atoms with van der Waals surface area (Å²) in [5.41, 5.74) is 11.6. The first kappa shape index (κ1) is 20.8. The Hall–Kier alpha value is -3.09. The van der Waals surface area contributed by atoms with E-state index >= 15 is 0 Å². The Bertz CT molecular complexity index is 1090. The van der Waals surface area contributed by atoms with Gasteiger partial charge in [-0.15, -0.1) is 0 Å². The van der Waals surface area contributed by atoms with Crippen LogP contribution in [0.3, 0.4) is 0 Å². The minimum absolute atomic E-state index is 0.0738. The Labute approximate surface area is 188 Å². The van der Waals surface area contributed by atoms with Gasteiger partial charge in [0.15, 0.2) is 0 Å². The maximum atomic E-state index is 13.5. The van der Waals surface area contributed by atoms with Gasteiger partial charge in [0.1, 0.15) is 17.3 Å². The lowest BCUT2D eigenvalue weighted by molar-refractivity contribution is 0.337. The Balaban J connectivity index is 1.53. The monoisotopic (exact) mass is 433 g/mol. The fourth-order valence-corrected chi connectivity index (χ4v) is 4.97. The number of hydrazine groups is 1. The molecule has 166 valence electrons. The molecule has 0 amide bonds. The molecule has 1 saturated heterocycles. The van der Waals surface area contributed by atoms with E-state index < -0.39 is 0 Å². The molecular weight excluding hydrogens is 405 g/mol. The smallest absolute Gasteiger partial charge is 0.123 e. The summed E-state index contributed by atoms with van der Waals surface area (Å²) >= 11 is 0. The van der Waals surface area contributed by atoms with Gasteiger partial charge in [0, 0.05) is 30.3 Å². The molecule has 0 aliphatic carbocycles. The van der Waals surface area contributed by atoms with Crippen LogP contribution >= 0.6 is 0 Å². The number of nitrogens with zero attached hydrogens (tertiary/aromatic N) is 1. The molecule has 3 atom stereocenters. The van der Waals surface area contributed by atoms with Crippen LogP contribution in [0.5, 0.6) is 11.5 Å². The predicted molar refractivity (Wildman–Crippen MR) is 123 cm³/mol. The second-order valence-electron chi connectivity index (χ2n) is 8.31. The number of methoxy groups -OCH3 is 1. The molecule has 5 rings (SSSR count). The summed E-state index contributed by atoms with van der Waals surface area (Å²) in [5.74, 6) is 1.81. The van der Waals surface area contributed by atoms with Gasteiger partial charge in [-0.25, -0.2) is 15.2 Å². The molecule has 2 N–H and O–H groups in total. The molecule has 2 heterocycles. The molecule has 32 heavy (non-hydrogen) atoms. The number of hydrogen-bond acceptors (Lipinski definition) is 5. The van der Waals surface area contributed by atoms with E-state index in [0.29, 0.717) is 6.61 Å². The van der Waals surface area contributed by atoms with Crippen molar-refractivity contribution < 1.29 is 13.9 Å². The number of para-hydroxylation sites is 1. The Morgan fingerprint density at radius 3 is 2.56 bits per heavy atom. The highest BCUT2D eigenvalue weighted by Crippen LogP contribution is 2.46. The SMILES string of the molecule is CCOc1ccc2c(c1)C1NNC(c3ccc(F)cc3)C1CN2Cc1ccccc1OC. The lowest BCUT2D eigenvalue weighted by Crippen LogP contribution is -2.39. The van der Waals surface area contributed by atoms with Crippen molar-refractivity contribution >= 4 is 5.69 Å². The zero-order valence-corrected chi connectivity index (χ0v) is 18.3. The molecule has 0 saturated carbocycles. The zero-order valence-electron chi connectivity index (χ0n) is 18.3. The second-order valence-corrected chi connectivity index (χ2v) is 8.31. The molecule has 3 unspecified atom stereocenters. The van der Waals surface area contributed by atoms with Gasteiger partial charge < -0.3 is 14.4 Å². The molecular formula is C26H28FN3O2. The lowest BCUT2D eigenvalue weighted by Gasteiger charge is -2.39. The third-order valence-corrected chi connectivity index (χ3v) is 6.45. The van der Waals surface area contributed by atoms with E-state index in [-0.39, 0.29) is 23.8 Å². The number of anilines is 1. The Kier molecular flexibility index (Phi) is 5.72. The van der Waals surface area contributed by atoms with Gasteiger partial charge in [0.25, 0.3) is 0 Å². The van der Waals surface area contributed by atoms with E-state index in [4.69, 9.17) is 9.47 Å². The first-order valence-electron chi connectivity index (χ1n) is 11.1. The average Bonchev–Trinajstić information content (AvgIpc) is 3.24. The van der Waals surface area contributed by atoms with Gasteiger partial charge in [-0.1, -0.05) is 30.3 Å². The van der Waals surface area contributed by atoms with Crippen LogP contribution < -0.4 is 25.2 Å². The topological polar surface area (TPSA) is 45.8 Å². The molecule has 2 aliphatic heterocycles. The molecule has 3 aromatic carbocycles. The van der Waals surface area contributed by atoms with Gasteiger partial charge in [0.2, 0.25) is 0 Å². The van der Waals surface area contributed by atoms with Gasteiger partial charge >= 0.3 is 0 Å². The quantitative estimate of drug-likeness (QED) is 0.587. The van der Waals surface area contributed by atoms with Crippen molar-refractivity contribution in [2.24, 2.45) is 5.92 Å². The third kappa shape index (κ3) is 3.80. The summed E-state index contributed by atoms with van der Waals surface area (Å²) in [6.07, 6.45) is 0. The van der Waals surface area contributed by atoms with Crippen LogP contribution in [0, 0.1) is 11.7 Å². The van der Waals surface area contributed by atoms with E-state index in [9.17, 15) is 4.39 Å². The van der Waals surface area contributed by atoms with Crippen molar-refractivity contribution in [1.29, 1.82) is 0 Å². The van der Waals surface area contributed by atoms with E-state index in [1.807, 2.05) is 43.3 Å². The summed E-state index contributed by atoms with van der Waals surface area (Å²) < 4.78 is 24.9. The summed E-state index contributed by atoms with van der Waals surface area (Å²) in [4.78, 5) is 2.41. The number of fused-ring (bicyclic) bond motifs is 3. The summed E-state index contributed by atoms with van der Waals surface area (Å²) in [7, 11) is 1.71. The molecule has 0 spiro atoms. The van der Waals surface area contributed by atoms with Gasteiger partial charge in [0.05, 0.1) is 25.8 Å². The van der Waals surface area contributed by atoms with Crippen LogP contribution in [0.25, 0.3) is 0 Å². The zero-order chi connectivity index (χ0) is 22.1. The molecule has 2 aliphatic rings. The molecule has 6 heteroatoms. The van der Waals surface area contributed by atoms with Crippen LogP contribution in [0.4, 0.5) is 10.1 Å². The van der Waals surface area contributed by atoms with Crippen molar-refractivity contribution in [2.75, 3.05) is 25.2 Å². The predicted octanol–water partition coefficient (Wildman–Crippen LogP) is 4.76. The molecule has 5 nitrogen and oxygen atoms in total. The van der Waals surface area contributed by atoms with E-state index in [1.54, 1.807) is 7.11 Å². The first-order chi connectivity index (χ1) is 15.7. The normalized spacial score (nSPS) is 21.7. The van der Waals surface area contributed by atoms with E-state index in [1.165, 1.54) is 23.4 Å². The van der Waals surface area contributed by atoms with Crippen LogP contribution in [0.2, 0.25) is 0 Å². The Morgan fingerprint density at radius 2 is 1.78 bits per heavy atom.